The first-order chi connectivity index (χ1) is 9.21. The molecule has 1 atom stereocenters. The number of terminal acetylenes is 1. The van der Waals surface area contributed by atoms with E-state index in [0.29, 0.717) is 23.8 Å². The molecule has 4 heteroatoms. The highest BCUT2D eigenvalue weighted by Gasteiger charge is 2.15. The molecule has 1 unspecified atom stereocenters. The molecule has 0 spiro atoms. The van der Waals surface area contributed by atoms with Gasteiger partial charge in [0.25, 0.3) is 0 Å². The van der Waals surface area contributed by atoms with E-state index >= 15 is 0 Å². The molecule has 0 aliphatic rings. The molecule has 0 saturated carbocycles. The van der Waals surface area contributed by atoms with E-state index in [4.69, 9.17) is 20.6 Å². The summed E-state index contributed by atoms with van der Waals surface area (Å²) in [5.41, 5.74) is 0.980. The normalized spacial score (nSPS) is 11.5. The van der Waals surface area contributed by atoms with Gasteiger partial charge in [-0.05, 0) is 12.5 Å². The van der Waals surface area contributed by atoms with Gasteiger partial charge in [0.15, 0.2) is 11.5 Å². The Kier molecular flexibility index (Phi) is 6.04. The van der Waals surface area contributed by atoms with Crippen molar-refractivity contribution in [1.82, 2.24) is 5.32 Å². The van der Waals surface area contributed by atoms with E-state index in [-0.39, 0.29) is 6.04 Å². The first-order valence-corrected chi connectivity index (χ1v) is 6.19. The molecule has 0 aliphatic carbocycles. The van der Waals surface area contributed by atoms with E-state index < -0.39 is 0 Å². The molecule has 19 heavy (non-hydrogen) atoms. The van der Waals surface area contributed by atoms with Crippen molar-refractivity contribution in [1.29, 1.82) is 0 Å². The highest BCUT2D eigenvalue weighted by Crippen LogP contribution is 2.39. The van der Waals surface area contributed by atoms with Crippen molar-refractivity contribution in [2.75, 3.05) is 21.3 Å². The Hall–Kier alpha value is -1.86. The summed E-state index contributed by atoms with van der Waals surface area (Å²) in [5, 5.41) is 3.29. The first kappa shape index (κ1) is 15.2. The Bertz CT molecular complexity index is 451. The third-order valence-corrected chi connectivity index (χ3v) is 2.93. The number of hydrogen-bond donors (Lipinski definition) is 1. The molecule has 0 bridgehead atoms. The van der Waals surface area contributed by atoms with Gasteiger partial charge in [-0.1, -0.05) is 18.9 Å². The van der Waals surface area contributed by atoms with E-state index in [0.717, 1.165) is 12.0 Å². The van der Waals surface area contributed by atoms with Crippen LogP contribution >= 0.6 is 0 Å². The van der Waals surface area contributed by atoms with Crippen LogP contribution in [0.1, 0.15) is 18.9 Å². The Balaban J connectivity index is 2.98. The Labute approximate surface area is 115 Å². The van der Waals surface area contributed by atoms with Crippen molar-refractivity contribution in [3.8, 4) is 29.6 Å². The van der Waals surface area contributed by atoms with Crippen LogP contribution in [0.3, 0.4) is 0 Å². The van der Waals surface area contributed by atoms with Crippen molar-refractivity contribution < 1.29 is 14.2 Å². The number of nitrogens with one attached hydrogen (secondary N) is 1. The van der Waals surface area contributed by atoms with Crippen molar-refractivity contribution in [2.45, 2.75) is 25.9 Å². The highest BCUT2D eigenvalue weighted by atomic mass is 16.5. The topological polar surface area (TPSA) is 39.7 Å². The lowest BCUT2D eigenvalue weighted by Gasteiger charge is -2.17. The molecule has 1 N–H and O–H groups in total. The molecule has 0 radical (unpaired) electrons. The molecule has 0 saturated heterocycles. The predicted molar refractivity (Wildman–Crippen MR) is 75.8 cm³/mol. The highest BCUT2D eigenvalue weighted by molar-refractivity contribution is 5.55. The van der Waals surface area contributed by atoms with E-state index in [9.17, 15) is 0 Å². The lowest BCUT2D eigenvalue weighted by molar-refractivity contribution is 0.321. The van der Waals surface area contributed by atoms with Crippen LogP contribution in [0.4, 0.5) is 0 Å². The van der Waals surface area contributed by atoms with E-state index in [2.05, 4.69) is 11.2 Å². The summed E-state index contributed by atoms with van der Waals surface area (Å²) in [6.07, 6.45) is 6.31. The molecular weight excluding hydrogens is 242 g/mol. The maximum Gasteiger partial charge on any atom is 0.203 e. The van der Waals surface area contributed by atoms with Gasteiger partial charge in [0.05, 0.1) is 27.4 Å². The molecule has 0 amide bonds. The van der Waals surface area contributed by atoms with Crippen molar-refractivity contribution in [3.63, 3.8) is 0 Å². The number of benzene rings is 1. The maximum atomic E-state index is 5.43. The fourth-order valence-electron chi connectivity index (χ4n) is 1.86. The van der Waals surface area contributed by atoms with Gasteiger partial charge in [-0.25, -0.2) is 0 Å². The lowest BCUT2D eigenvalue weighted by atomic mass is 10.1. The van der Waals surface area contributed by atoms with Gasteiger partial charge < -0.3 is 14.2 Å². The van der Waals surface area contributed by atoms with Gasteiger partial charge in [0.2, 0.25) is 5.75 Å². The van der Waals surface area contributed by atoms with E-state index in [1.165, 1.54) is 0 Å². The largest absolute Gasteiger partial charge is 0.493 e. The number of methoxy groups -OCH3 is 3. The second kappa shape index (κ2) is 7.55. The molecule has 4 nitrogen and oxygen atoms in total. The Morgan fingerprint density at radius 1 is 1.16 bits per heavy atom. The second-order valence-electron chi connectivity index (χ2n) is 4.00. The van der Waals surface area contributed by atoms with Crippen LogP contribution in [-0.4, -0.2) is 27.4 Å². The smallest absolute Gasteiger partial charge is 0.203 e. The summed E-state index contributed by atoms with van der Waals surface area (Å²) in [6.45, 7) is 2.66. The molecule has 0 heterocycles. The first-order valence-electron chi connectivity index (χ1n) is 6.19. The second-order valence-corrected chi connectivity index (χ2v) is 4.00. The molecule has 1 aromatic carbocycles. The molecule has 0 aromatic heterocycles. The third kappa shape index (κ3) is 3.55. The quantitative estimate of drug-likeness (QED) is 0.766. The summed E-state index contributed by atoms with van der Waals surface area (Å²) in [4.78, 5) is 0. The van der Waals surface area contributed by atoms with Crippen LogP contribution in [0, 0.1) is 12.3 Å². The lowest BCUT2D eigenvalue weighted by Crippen LogP contribution is -2.26. The summed E-state index contributed by atoms with van der Waals surface area (Å²) < 4.78 is 16.0. The SMILES string of the molecule is C#CC(CC)NCc1ccc(OC)c(OC)c1OC. The van der Waals surface area contributed by atoms with E-state index in [1.807, 2.05) is 19.1 Å². The zero-order valence-corrected chi connectivity index (χ0v) is 11.9. The van der Waals surface area contributed by atoms with Gasteiger partial charge in [-0.3, -0.25) is 5.32 Å². The van der Waals surface area contributed by atoms with Gasteiger partial charge in [0, 0.05) is 12.1 Å². The van der Waals surface area contributed by atoms with Gasteiger partial charge in [-0.2, -0.15) is 0 Å². The molecule has 0 fully saturated rings. The molecule has 1 rings (SSSR count). The minimum atomic E-state index is 0.0535. The number of rotatable bonds is 7. The van der Waals surface area contributed by atoms with Crippen LogP contribution in [0.25, 0.3) is 0 Å². The molecular formula is C15H21NO3. The van der Waals surface area contributed by atoms with Crippen LogP contribution < -0.4 is 19.5 Å². The van der Waals surface area contributed by atoms with Crippen LogP contribution in [0.15, 0.2) is 12.1 Å². The predicted octanol–water partition coefficient (Wildman–Crippen LogP) is 2.21. The number of ether oxygens (including phenoxy) is 3. The van der Waals surface area contributed by atoms with Crippen LogP contribution in [0.2, 0.25) is 0 Å². The zero-order chi connectivity index (χ0) is 14.3. The maximum absolute atomic E-state index is 5.43. The van der Waals surface area contributed by atoms with Gasteiger partial charge in [0.1, 0.15) is 0 Å². The summed E-state index contributed by atoms with van der Waals surface area (Å²) >= 11 is 0. The van der Waals surface area contributed by atoms with Crippen LogP contribution in [0.5, 0.6) is 17.2 Å². The van der Waals surface area contributed by atoms with Gasteiger partial charge >= 0.3 is 0 Å². The molecule has 0 aliphatic heterocycles. The zero-order valence-electron chi connectivity index (χ0n) is 11.9. The average molecular weight is 263 g/mol. The van der Waals surface area contributed by atoms with Crippen molar-refractivity contribution >= 4 is 0 Å². The fraction of sp³-hybridized carbons (Fsp3) is 0.467. The van der Waals surface area contributed by atoms with Gasteiger partial charge in [-0.15, -0.1) is 6.42 Å². The minimum Gasteiger partial charge on any atom is -0.493 e. The number of hydrogen-bond acceptors (Lipinski definition) is 4. The summed E-state index contributed by atoms with van der Waals surface area (Å²) in [5.74, 6) is 4.61. The monoisotopic (exact) mass is 263 g/mol. The van der Waals surface area contributed by atoms with E-state index in [1.54, 1.807) is 21.3 Å². The Morgan fingerprint density at radius 2 is 1.84 bits per heavy atom. The minimum absolute atomic E-state index is 0.0535. The van der Waals surface area contributed by atoms with Crippen LogP contribution in [-0.2, 0) is 6.54 Å². The average Bonchev–Trinajstić information content (AvgIpc) is 2.47. The third-order valence-electron chi connectivity index (χ3n) is 2.93. The molecule has 104 valence electrons. The standard InChI is InChI=1S/C15H21NO3/c1-6-12(7-2)16-10-11-8-9-13(17-3)15(19-5)14(11)18-4/h1,8-9,12,16H,7,10H2,2-5H3. The summed E-state index contributed by atoms with van der Waals surface area (Å²) in [6, 6.07) is 3.85. The van der Waals surface area contributed by atoms with Crippen molar-refractivity contribution in [3.05, 3.63) is 17.7 Å². The molecule has 1 aromatic rings. The summed E-state index contributed by atoms with van der Waals surface area (Å²) in [7, 11) is 4.80. The fourth-order valence-corrected chi connectivity index (χ4v) is 1.86. The van der Waals surface area contributed by atoms with Crippen molar-refractivity contribution in [2.24, 2.45) is 0 Å². The Morgan fingerprint density at radius 3 is 2.32 bits per heavy atom.